The maximum Gasteiger partial charge on any atom is 0.258 e. The van der Waals surface area contributed by atoms with E-state index in [1.165, 1.54) is 0 Å². The molecule has 1 N–H and O–H groups in total. The number of fused-ring (bicyclic) bond motifs is 1. The maximum absolute atomic E-state index is 12.8. The third-order valence-corrected chi connectivity index (χ3v) is 6.79. The summed E-state index contributed by atoms with van der Waals surface area (Å²) in [5, 5.41) is 2.90. The van der Waals surface area contributed by atoms with Gasteiger partial charge in [0.05, 0.1) is 11.8 Å². The van der Waals surface area contributed by atoms with Gasteiger partial charge in [-0.25, -0.2) is 12.7 Å². The fourth-order valence-electron chi connectivity index (χ4n) is 3.73. The topological polar surface area (TPSA) is 96.0 Å². The Labute approximate surface area is 165 Å². The molecule has 0 aliphatic carbocycles. The van der Waals surface area contributed by atoms with Crippen molar-refractivity contribution in [1.29, 1.82) is 0 Å². The SMILES string of the molecule is CCCN1C(=O)C2CC(NC(=O)COc3cccc(C)c3)CN2CCS1(=O)=O. The highest BCUT2D eigenvalue weighted by Crippen LogP contribution is 2.25. The third kappa shape index (κ3) is 4.64. The summed E-state index contributed by atoms with van der Waals surface area (Å²) in [5.74, 6) is -0.0836. The summed E-state index contributed by atoms with van der Waals surface area (Å²) in [7, 11) is -3.56. The predicted octanol–water partition coefficient (Wildman–Crippen LogP) is 0.515. The number of carbonyl (C=O) groups excluding carboxylic acids is 2. The molecule has 0 radical (unpaired) electrons. The Hall–Kier alpha value is -2.13. The first-order chi connectivity index (χ1) is 13.3. The lowest BCUT2D eigenvalue weighted by molar-refractivity contribution is -0.130. The van der Waals surface area contributed by atoms with Crippen molar-refractivity contribution in [2.45, 2.75) is 38.8 Å². The molecule has 1 aromatic carbocycles. The molecule has 3 rings (SSSR count). The second-order valence-corrected chi connectivity index (χ2v) is 9.36. The van der Waals surface area contributed by atoms with Gasteiger partial charge in [0.1, 0.15) is 5.75 Å². The summed E-state index contributed by atoms with van der Waals surface area (Å²) in [5.41, 5.74) is 1.05. The Morgan fingerprint density at radius 3 is 2.86 bits per heavy atom. The van der Waals surface area contributed by atoms with Crippen LogP contribution in [0.2, 0.25) is 0 Å². The maximum atomic E-state index is 12.8. The average molecular weight is 410 g/mol. The molecular formula is C19H27N3O5S. The van der Waals surface area contributed by atoms with Crippen molar-refractivity contribution in [3.8, 4) is 5.75 Å². The van der Waals surface area contributed by atoms with Gasteiger partial charge in [0.15, 0.2) is 6.61 Å². The number of amides is 2. The molecule has 0 aromatic heterocycles. The minimum Gasteiger partial charge on any atom is -0.484 e. The normalized spacial score (nSPS) is 24.5. The molecule has 2 fully saturated rings. The fourth-order valence-corrected chi connectivity index (χ4v) is 5.28. The number of ether oxygens (including phenoxy) is 1. The predicted molar refractivity (Wildman–Crippen MR) is 104 cm³/mol. The summed E-state index contributed by atoms with van der Waals surface area (Å²) >= 11 is 0. The zero-order chi connectivity index (χ0) is 20.3. The number of hydrogen-bond acceptors (Lipinski definition) is 6. The zero-order valence-corrected chi connectivity index (χ0v) is 17.1. The Kier molecular flexibility index (Phi) is 6.24. The van der Waals surface area contributed by atoms with Gasteiger partial charge in [-0.15, -0.1) is 0 Å². The molecule has 1 aromatic rings. The second kappa shape index (κ2) is 8.48. The van der Waals surface area contributed by atoms with E-state index >= 15 is 0 Å². The second-order valence-electron chi connectivity index (χ2n) is 7.34. The highest BCUT2D eigenvalue weighted by molar-refractivity contribution is 7.89. The number of nitrogens with one attached hydrogen (secondary N) is 1. The lowest BCUT2D eigenvalue weighted by Gasteiger charge is -2.23. The van der Waals surface area contributed by atoms with Crippen molar-refractivity contribution in [2.24, 2.45) is 0 Å². The molecule has 0 bridgehead atoms. The summed E-state index contributed by atoms with van der Waals surface area (Å²) in [6, 6.07) is 6.75. The molecule has 8 nitrogen and oxygen atoms in total. The first kappa shape index (κ1) is 20.6. The molecule has 2 heterocycles. The van der Waals surface area contributed by atoms with Gasteiger partial charge < -0.3 is 10.1 Å². The number of benzene rings is 1. The minimum absolute atomic E-state index is 0.0770. The van der Waals surface area contributed by atoms with Crippen LogP contribution in [0.25, 0.3) is 0 Å². The highest BCUT2D eigenvalue weighted by atomic mass is 32.2. The van der Waals surface area contributed by atoms with Gasteiger partial charge in [0.2, 0.25) is 10.0 Å². The van der Waals surface area contributed by atoms with E-state index in [0.717, 1.165) is 9.87 Å². The van der Waals surface area contributed by atoms with Crippen LogP contribution >= 0.6 is 0 Å². The monoisotopic (exact) mass is 409 g/mol. The van der Waals surface area contributed by atoms with Gasteiger partial charge in [-0.1, -0.05) is 19.1 Å². The van der Waals surface area contributed by atoms with Crippen LogP contribution in [-0.2, 0) is 19.6 Å². The largest absolute Gasteiger partial charge is 0.484 e. The summed E-state index contributed by atoms with van der Waals surface area (Å²) in [4.78, 5) is 26.9. The lowest BCUT2D eigenvalue weighted by Crippen LogP contribution is -2.44. The quantitative estimate of drug-likeness (QED) is 0.736. The zero-order valence-electron chi connectivity index (χ0n) is 16.3. The highest BCUT2D eigenvalue weighted by Gasteiger charge is 2.44. The third-order valence-electron chi connectivity index (χ3n) is 5.06. The van der Waals surface area contributed by atoms with Crippen molar-refractivity contribution in [3.05, 3.63) is 29.8 Å². The molecular weight excluding hydrogens is 382 g/mol. The Morgan fingerprint density at radius 1 is 1.36 bits per heavy atom. The first-order valence-corrected chi connectivity index (χ1v) is 11.2. The van der Waals surface area contributed by atoms with Gasteiger partial charge in [-0.05, 0) is 37.5 Å². The molecule has 2 saturated heterocycles. The number of nitrogens with zero attached hydrogens (tertiary/aromatic N) is 2. The summed E-state index contributed by atoms with van der Waals surface area (Å²) in [6.07, 6.45) is 0.985. The molecule has 28 heavy (non-hydrogen) atoms. The van der Waals surface area contributed by atoms with Gasteiger partial charge in [-0.3, -0.25) is 14.5 Å². The van der Waals surface area contributed by atoms with Crippen molar-refractivity contribution < 1.29 is 22.7 Å². The van der Waals surface area contributed by atoms with E-state index in [-0.39, 0.29) is 36.8 Å². The van der Waals surface area contributed by atoms with Crippen LogP contribution in [0.5, 0.6) is 5.75 Å². The molecule has 2 atom stereocenters. The number of sulfonamides is 1. The summed E-state index contributed by atoms with van der Waals surface area (Å²) in [6.45, 7) is 4.65. The summed E-state index contributed by atoms with van der Waals surface area (Å²) < 4.78 is 31.2. The van der Waals surface area contributed by atoms with Crippen LogP contribution in [0.4, 0.5) is 0 Å². The van der Waals surface area contributed by atoms with Crippen molar-refractivity contribution in [1.82, 2.24) is 14.5 Å². The molecule has 2 aliphatic rings. The molecule has 2 amide bonds. The molecule has 154 valence electrons. The van der Waals surface area contributed by atoms with Crippen LogP contribution in [0, 0.1) is 6.92 Å². The van der Waals surface area contributed by atoms with Crippen LogP contribution in [0.1, 0.15) is 25.3 Å². The Morgan fingerprint density at radius 2 is 2.14 bits per heavy atom. The number of hydrogen-bond donors (Lipinski definition) is 1. The number of aryl methyl sites for hydroxylation is 1. The van der Waals surface area contributed by atoms with Crippen molar-refractivity contribution in [3.63, 3.8) is 0 Å². The van der Waals surface area contributed by atoms with E-state index in [9.17, 15) is 18.0 Å². The Bertz CT molecular complexity index is 842. The van der Waals surface area contributed by atoms with Crippen LogP contribution in [0.15, 0.2) is 24.3 Å². The molecule has 2 aliphatic heterocycles. The smallest absolute Gasteiger partial charge is 0.258 e. The van der Waals surface area contributed by atoms with E-state index in [4.69, 9.17) is 4.74 Å². The van der Waals surface area contributed by atoms with Crippen molar-refractivity contribution in [2.75, 3.05) is 32.0 Å². The van der Waals surface area contributed by atoms with Crippen LogP contribution < -0.4 is 10.1 Å². The standard InChI is InChI=1S/C19H27N3O5S/c1-3-7-22-19(24)17-11-15(12-21(17)8-9-28(22,25)26)20-18(23)13-27-16-6-4-5-14(2)10-16/h4-6,10,15,17H,3,7-9,11-13H2,1-2H3,(H,20,23). The van der Waals surface area contributed by atoms with E-state index in [2.05, 4.69) is 5.32 Å². The Balaban J connectivity index is 1.57. The number of rotatable bonds is 6. The van der Waals surface area contributed by atoms with Gasteiger partial charge in [0, 0.05) is 25.7 Å². The van der Waals surface area contributed by atoms with Gasteiger partial charge in [-0.2, -0.15) is 0 Å². The lowest BCUT2D eigenvalue weighted by atomic mass is 10.1. The molecule has 0 spiro atoms. The van der Waals surface area contributed by atoms with Crippen LogP contribution in [-0.4, -0.2) is 73.5 Å². The molecule has 2 unspecified atom stereocenters. The van der Waals surface area contributed by atoms with E-state index < -0.39 is 16.1 Å². The van der Waals surface area contributed by atoms with Gasteiger partial charge >= 0.3 is 0 Å². The van der Waals surface area contributed by atoms with Gasteiger partial charge in [0.25, 0.3) is 11.8 Å². The number of carbonyl (C=O) groups is 2. The van der Waals surface area contributed by atoms with E-state index in [0.29, 0.717) is 31.7 Å². The van der Waals surface area contributed by atoms with E-state index in [1.54, 1.807) is 6.07 Å². The van der Waals surface area contributed by atoms with E-state index in [1.807, 2.05) is 36.9 Å². The van der Waals surface area contributed by atoms with Crippen molar-refractivity contribution >= 4 is 21.8 Å². The molecule has 0 saturated carbocycles. The fraction of sp³-hybridized carbons (Fsp3) is 0.579. The minimum atomic E-state index is -3.56. The average Bonchev–Trinajstić information content (AvgIpc) is 3.01. The first-order valence-electron chi connectivity index (χ1n) is 9.57. The molecule has 9 heteroatoms. The van der Waals surface area contributed by atoms with Crippen LogP contribution in [0.3, 0.4) is 0 Å².